The summed E-state index contributed by atoms with van der Waals surface area (Å²) in [5, 5.41) is 13.3. The summed E-state index contributed by atoms with van der Waals surface area (Å²) in [6.45, 7) is 2.60. The van der Waals surface area contributed by atoms with Crippen molar-refractivity contribution in [3.63, 3.8) is 0 Å². The number of rotatable bonds is 4. The van der Waals surface area contributed by atoms with Gasteiger partial charge in [0.05, 0.1) is 5.56 Å². The van der Waals surface area contributed by atoms with Gasteiger partial charge in [-0.2, -0.15) is 5.26 Å². The monoisotopic (exact) mass is 487 g/mol. The second-order valence-electron chi connectivity index (χ2n) is 6.73. The van der Waals surface area contributed by atoms with Crippen LogP contribution < -0.4 is 5.32 Å². The number of benzene rings is 2. The molecule has 0 atom stereocenters. The van der Waals surface area contributed by atoms with E-state index in [0.717, 1.165) is 36.1 Å². The minimum Gasteiger partial charge on any atom is -0.312 e. The number of carbonyl (C=O) groups is 1. The van der Waals surface area contributed by atoms with E-state index in [1.54, 1.807) is 12.1 Å². The summed E-state index contributed by atoms with van der Waals surface area (Å²) >= 11 is 4.90. The minimum atomic E-state index is -0.191. The number of hydrogen-bond donors (Lipinski definition) is 1. The molecular formula is C22H19BrClN3OS. The largest absolute Gasteiger partial charge is 0.312 e. The molecule has 3 aromatic rings. The van der Waals surface area contributed by atoms with Gasteiger partial charge in [0.1, 0.15) is 11.1 Å². The molecule has 0 fully saturated rings. The first-order valence-corrected chi connectivity index (χ1v) is 10.6. The number of thiophene rings is 1. The van der Waals surface area contributed by atoms with E-state index < -0.39 is 0 Å². The van der Waals surface area contributed by atoms with E-state index in [2.05, 4.69) is 56.5 Å². The lowest BCUT2D eigenvalue weighted by atomic mass is 10.0. The van der Waals surface area contributed by atoms with Crippen molar-refractivity contribution in [2.45, 2.75) is 19.5 Å². The fourth-order valence-corrected chi connectivity index (χ4v) is 4.92. The van der Waals surface area contributed by atoms with Crippen LogP contribution in [0.25, 0.3) is 0 Å². The molecule has 1 N–H and O–H groups in total. The van der Waals surface area contributed by atoms with Gasteiger partial charge in [0, 0.05) is 34.5 Å². The normalized spacial score (nSPS) is 13.1. The van der Waals surface area contributed by atoms with E-state index in [4.69, 9.17) is 0 Å². The van der Waals surface area contributed by atoms with Crippen molar-refractivity contribution >= 4 is 50.6 Å². The molecule has 29 heavy (non-hydrogen) atoms. The number of nitrogens with zero attached hydrogens (tertiary/aromatic N) is 2. The average molecular weight is 489 g/mol. The predicted octanol–water partition coefficient (Wildman–Crippen LogP) is 5.61. The number of hydrogen-bond acceptors (Lipinski definition) is 4. The first-order chi connectivity index (χ1) is 13.6. The Bertz CT molecular complexity index is 1040. The molecule has 1 aliphatic heterocycles. The molecule has 2 heterocycles. The van der Waals surface area contributed by atoms with Crippen LogP contribution in [0.1, 0.15) is 31.9 Å². The molecule has 1 aromatic heterocycles. The highest BCUT2D eigenvalue weighted by Gasteiger charge is 2.25. The molecule has 4 rings (SSSR count). The maximum Gasteiger partial charge on any atom is 0.256 e. The molecule has 0 bridgehead atoms. The third kappa shape index (κ3) is 4.88. The van der Waals surface area contributed by atoms with Gasteiger partial charge in [-0.1, -0.05) is 46.3 Å². The Morgan fingerprint density at radius 1 is 1.17 bits per heavy atom. The number of amides is 1. The van der Waals surface area contributed by atoms with Crippen molar-refractivity contribution in [3.05, 3.63) is 86.2 Å². The van der Waals surface area contributed by atoms with Crippen LogP contribution in [0, 0.1) is 11.3 Å². The lowest BCUT2D eigenvalue weighted by molar-refractivity contribution is 0.102. The van der Waals surface area contributed by atoms with Crippen molar-refractivity contribution in [1.29, 1.82) is 5.26 Å². The van der Waals surface area contributed by atoms with E-state index in [1.165, 1.54) is 21.8 Å². The molecule has 0 spiro atoms. The maximum atomic E-state index is 12.6. The van der Waals surface area contributed by atoms with Crippen molar-refractivity contribution in [2.24, 2.45) is 0 Å². The van der Waals surface area contributed by atoms with E-state index in [1.807, 2.05) is 18.2 Å². The van der Waals surface area contributed by atoms with E-state index >= 15 is 0 Å². The molecule has 1 amide bonds. The van der Waals surface area contributed by atoms with Gasteiger partial charge >= 0.3 is 0 Å². The van der Waals surface area contributed by atoms with E-state index in [0.29, 0.717) is 16.1 Å². The van der Waals surface area contributed by atoms with E-state index in [9.17, 15) is 10.1 Å². The minimum absolute atomic E-state index is 0. The summed E-state index contributed by atoms with van der Waals surface area (Å²) in [7, 11) is 0. The second-order valence-corrected chi connectivity index (χ2v) is 8.75. The summed E-state index contributed by atoms with van der Waals surface area (Å²) in [5.74, 6) is -0.191. The Hall–Kier alpha value is -2.17. The highest BCUT2D eigenvalue weighted by Crippen LogP contribution is 2.37. The average Bonchev–Trinajstić information content (AvgIpc) is 3.05. The van der Waals surface area contributed by atoms with Crippen LogP contribution in [-0.2, 0) is 19.5 Å². The number of nitriles is 1. The topological polar surface area (TPSA) is 56.1 Å². The molecule has 0 unspecified atom stereocenters. The van der Waals surface area contributed by atoms with Crippen LogP contribution >= 0.6 is 39.7 Å². The molecule has 4 nitrogen and oxygen atoms in total. The zero-order chi connectivity index (χ0) is 19.5. The van der Waals surface area contributed by atoms with Crippen LogP contribution in [0.4, 0.5) is 5.00 Å². The first kappa shape index (κ1) is 21.5. The molecule has 0 saturated carbocycles. The van der Waals surface area contributed by atoms with Gasteiger partial charge in [0.25, 0.3) is 5.91 Å². The van der Waals surface area contributed by atoms with Gasteiger partial charge < -0.3 is 5.32 Å². The Morgan fingerprint density at radius 3 is 2.59 bits per heavy atom. The lowest BCUT2D eigenvalue weighted by Gasteiger charge is -2.26. The zero-order valence-electron chi connectivity index (χ0n) is 15.5. The maximum absolute atomic E-state index is 12.6. The molecule has 0 aliphatic carbocycles. The number of anilines is 1. The lowest BCUT2D eigenvalue weighted by Crippen LogP contribution is -2.29. The SMILES string of the molecule is Cl.N#Cc1c(NC(=O)c2ccc(Br)cc2)sc2c1CCN(Cc1ccccc1)C2. The molecule has 7 heteroatoms. The molecule has 0 saturated heterocycles. The van der Waals surface area contributed by atoms with Gasteiger partial charge in [0.2, 0.25) is 0 Å². The van der Waals surface area contributed by atoms with Crippen molar-refractivity contribution in [1.82, 2.24) is 4.90 Å². The van der Waals surface area contributed by atoms with Gasteiger partial charge in [-0.15, -0.1) is 23.7 Å². The summed E-state index contributed by atoms with van der Waals surface area (Å²) in [5.41, 5.74) is 3.56. The van der Waals surface area contributed by atoms with Gasteiger partial charge in [0.15, 0.2) is 0 Å². The Morgan fingerprint density at radius 2 is 1.90 bits per heavy atom. The van der Waals surface area contributed by atoms with Crippen LogP contribution in [0.15, 0.2) is 59.1 Å². The van der Waals surface area contributed by atoms with Gasteiger partial charge in [-0.25, -0.2) is 0 Å². The number of nitrogens with one attached hydrogen (secondary N) is 1. The summed E-state index contributed by atoms with van der Waals surface area (Å²) < 4.78 is 0.923. The first-order valence-electron chi connectivity index (χ1n) is 9.02. The van der Waals surface area contributed by atoms with Crippen LogP contribution in [0.2, 0.25) is 0 Å². The molecule has 2 aromatic carbocycles. The molecule has 148 valence electrons. The van der Waals surface area contributed by atoms with Gasteiger partial charge in [-0.05, 0) is 41.8 Å². The Labute approximate surface area is 188 Å². The van der Waals surface area contributed by atoms with Crippen molar-refractivity contribution in [2.75, 3.05) is 11.9 Å². The van der Waals surface area contributed by atoms with Crippen LogP contribution in [0.5, 0.6) is 0 Å². The van der Waals surface area contributed by atoms with E-state index in [-0.39, 0.29) is 18.3 Å². The van der Waals surface area contributed by atoms with Crippen molar-refractivity contribution < 1.29 is 4.79 Å². The zero-order valence-corrected chi connectivity index (χ0v) is 18.7. The smallest absolute Gasteiger partial charge is 0.256 e. The summed E-state index contributed by atoms with van der Waals surface area (Å²) in [6.07, 6.45) is 0.829. The standard InChI is InChI=1S/C22H18BrN3OS.ClH/c23-17-8-6-16(7-9-17)21(27)25-22-19(12-24)18-10-11-26(14-20(18)28-22)13-15-4-2-1-3-5-15;/h1-9H,10-11,13-14H2,(H,25,27);1H. The van der Waals surface area contributed by atoms with Crippen molar-refractivity contribution in [3.8, 4) is 6.07 Å². The number of halogens is 2. The number of carbonyl (C=O) groups excluding carboxylic acids is 1. The fraction of sp³-hybridized carbons (Fsp3) is 0.182. The molecule has 1 aliphatic rings. The third-order valence-electron chi connectivity index (χ3n) is 4.83. The second kappa shape index (κ2) is 9.55. The molecular weight excluding hydrogens is 470 g/mol. The fourth-order valence-electron chi connectivity index (χ4n) is 3.42. The van der Waals surface area contributed by atoms with Crippen LogP contribution in [-0.4, -0.2) is 17.4 Å². The third-order valence-corrected chi connectivity index (χ3v) is 6.49. The Balaban J connectivity index is 0.00000240. The molecule has 0 radical (unpaired) electrons. The highest BCUT2D eigenvalue weighted by atomic mass is 79.9. The predicted molar refractivity (Wildman–Crippen MR) is 123 cm³/mol. The highest BCUT2D eigenvalue weighted by molar-refractivity contribution is 9.10. The Kier molecular flexibility index (Phi) is 7.09. The number of fused-ring (bicyclic) bond motifs is 1. The quantitative estimate of drug-likeness (QED) is 0.519. The summed E-state index contributed by atoms with van der Waals surface area (Å²) in [6, 6.07) is 19.9. The van der Waals surface area contributed by atoms with Gasteiger partial charge in [-0.3, -0.25) is 9.69 Å². The van der Waals surface area contributed by atoms with Crippen LogP contribution in [0.3, 0.4) is 0 Å². The summed E-state index contributed by atoms with van der Waals surface area (Å²) in [4.78, 5) is 16.1.